The third-order valence-corrected chi connectivity index (χ3v) is 2.99. The number of rotatable bonds is 6. The van der Waals surface area contributed by atoms with Crippen LogP contribution < -0.4 is 11.1 Å². The van der Waals surface area contributed by atoms with Crippen molar-refractivity contribution in [2.75, 3.05) is 24.6 Å². The highest BCUT2D eigenvalue weighted by atomic mass is 19.1. The summed E-state index contributed by atoms with van der Waals surface area (Å²) in [4.78, 5) is 13.8. The van der Waals surface area contributed by atoms with Gasteiger partial charge in [-0.05, 0) is 37.4 Å². The van der Waals surface area contributed by atoms with Crippen molar-refractivity contribution in [2.45, 2.75) is 13.0 Å². The molecule has 1 aromatic carbocycles. The van der Waals surface area contributed by atoms with E-state index in [9.17, 15) is 9.18 Å². The van der Waals surface area contributed by atoms with E-state index in [1.165, 1.54) is 18.2 Å². The zero-order chi connectivity index (χ0) is 15.2. The lowest BCUT2D eigenvalue weighted by atomic mass is 10.2. The normalized spacial score (nSPS) is 10.8. The fourth-order valence-electron chi connectivity index (χ4n) is 1.89. The second-order valence-corrected chi connectivity index (χ2v) is 4.85. The molecule has 0 aliphatic heterocycles. The molecule has 1 heterocycles. The minimum Gasteiger partial charge on any atom is -0.468 e. The summed E-state index contributed by atoms with van der Waals surface area (Å²) in [5.41, 5.74) is 6.07. The molecule has 0 bridgehead atoms. The lowest BCUT2D eigenvalue weighted by molar-refractivity contribution is -0.116. The van der Waals surface area contributed by atoms with Crippen LogP contribution in [-0.2, 0) is 11.3 Å². The van der Waals surface area contributed by atoms with Gasteiger partial charge in [0, 0.05) is 18.7 Å². The van der Waals surface area contributed by atoms with Crippen LogP contribution in [0, 0.1) is 5.82 Å². The number of nitrogens with zero attached hydrogens (tertiary/aromatic N) is 1. The maximum absolute atomic E-state index is 13.5. The van der Waals surface area contributed by atoms with Gasteiger partial charge in [-0.25, -0.2) is 4.39 Å². The number of nitrogens with two attached hydrogens (primary N) is 1. The molecule has 2 aromatic rings. The van der Waals surface area contributed by atoms with Gasteiger partial charge in [-0.3, -0.25) is 9.69 Å². The number of amides is 1. The number of carbonyl (C=O) groups excluding carboxylic acids is 1. The molecular formula is C15H18FN3O2. The molecule has 2 rings (SSSR count). The van der Waals surface area contributed by atoms with Crippen LogP contribution in [0.25, 0.3) is 0 Å². The molecule has 0 atom stereocenters. The molecule has 112 valence electrons. The first-order valence-electron chi connectivity index (χ1n) is 6.60. The molecule has 0 unspecified atom stereocenters. The van der Waals surface area contributed by atoms with Gasteiger partial charge in [-0.1, -0.05) is 0 Å². The van der Waals surface area contributed by atoms with Crippen LogP contribution in [0.1, 0.15) is 12.2 Å². The molecule has 0 saturated heterocycles. The van der Waals surface area contributed by atoms with Gasteiger partial charge in [0.05, 0.1) is 18.5 Å². The van der Waals surface area contributed by atoms with Crippen molar-refractivity contribution in [3.05, 3.63) is 48.2 Å². The van der Waals surface area contributed by atoms with Gasteiger partial charge < -0.3 is 15.5 Å². The highest BCUT2D eigenvalue weighted by molar-refractivity contribution is 5.91. The summed E-state index contributed by atoms with van der Waals surface area (Å²) in [6, 6.07) is 7.77. The molecular weight excluding hydrogens is 273 g/mol. The maximum Gasteiger partial charge on any atom is 0.225 e. The number of halogens is 1. The average molecular weight is 291 g/mol. The van der Waals surface area contributed by atoms with Crippen LogP contribution in [0.4, 0.5) is 15.8 Å². The third kappa shape index (κ3) is 4.61. The van der Waals surface area contributed by atoms with Crippen molar-refractivity contribution in [3.8, 4) is 0 Å². The summed E-state index contributed by atoms with van der Waals surface area (Å²) in [5, 5.41) is 2.52. The maximum atomic E-state index is 13.5. The monoisotopic (exact) mass is 291 g/mol. The summed E-state index contributed by atoms with van der Waals surface area (Å²) < 4.78 is 18.7. The van der Waals surface area contributed by atoms with E-state index in [-0.39, 0.29) is 18.0 Å². The Labute approximate surface area is 122 Å². The van der Waals surface area contributed by atoms with Gasteiger partial charge in [-0.15, -0.1) is 0 Å². The molecule has 0 aliphatic carbocycles. The van der Waals surface area contributed by atoms with Gasteiger partial charge in [0.25, 0.3) is 0 Å². The quantitative estimate of drug-likeness (QED) is 0.802. The molecule has 5 nitrogen and oxygen atoms in total. The first kappa shape index (κ1) is 15.1. The largest absolute Gasteiger partial charge is 0.468 e. The van der Waals surface area contributed by atoms with Crippen molar-refractivity contribution in [1.29, 1.82) is 0 Å². The standard InChI is InChI=1S/C15H18FN3O2/c1-19(10-12-3-2-8-21-12)7-6-15(20)18-14-9-11(17)4-5-13(14)16/h2-5,8-9H,6-7,10,17H2,1H3,(H,18,20). The lowest BCUT2D eigenvalue weighted by Crippen LogP contribution is -2.24. The van der Waals surface area contributed by atoms with E-state index in [1.54, 1.807) is 6.26 Å². The van der Waals surface area contributed by atoms with E-state index in [2.05, 4.69) is 5.32 Å². The predicted molar refractivity (Wildman–Crippen MR) is 79.1 cm³/mol. The van der Waals surface area contributed by atoms with Crippen molar-refractivity contribution >= 4 is 17.3 Å². The predicted octanol–water partition coefficient (Wildman–Crippen LogP) is 2.46. The number of nitrogens with one attached hydrogen (secondary N) is 1. The summed E-state index contributed by atoms with van der Waals surface area (Å²) >= 11 is 0. The van der Waals surface area contributed by atoms with E-state index in [0.717, 1.165) is 5.76 Å². The van der Waals surface area contributed by atoms with Crippen molar-refractivity contribution in [3.63, 3.8) is 0 Å². The van der Waals surface area contributed by atoms with Gasteiger partial charge >= 0.3 is 0 Å². The molecule has 21 heavy (non-hydrogen) atoms. The van der Waals surface area contributed by atoms with Crippen LogP contribution in [0.15, 0.2) is 41.0 Å². The zero-order valence-corrected chi connectivity index (χ0v) is 11.8. The molecule has 0 saturated carbocycles. The SMILES string of the molecule is CN(CCC(=O)Nc1cc(N)ccc1F)Cc1ccco1. The van der Waals surface area contributed by atoms with E-state index in [0.29, 0.717) is 18.8 Å². The Morgan fingerprint density at radius 1 is 1.43 bits per heavy atom. The number of benzene rings is 1. The van der Waals surface area contributed by atoms with Crippen molar-refractivity contribution < 1.29 is 13.6 Å². The zero-order valence-electron chi connectivity index (χ0n) is 11.8. The molecule has 6 heteroatoms. The number of nitrogen functional groups attached to an aromatic ring is 1. The number of carbonyl (C=O) groups is 1. The molecule has 0 fully saturated rings. The van der Waals surface area contributed by atoms with E-state index < -0.39 is 5.82 Å². The van der Waals surface area contributed by atoms with Gasteiger partial charge in [0.2, 0.25) is 5.91 Å². The first-order chi connectivity index (χ1) is 10.0. The fraction of sp³-hybridized carbons (Fsp3) is 0.267. The second-order valence-electron chi connectivity index (χ2n) is 4.85. The Bertz CT molecular complexity index is 599. The highest BCUT2D eigenvalue weighted by Gasteiger charge is 2.09. The van der Waals surface area contributed by atoms with E-state index >= 15 is 0 Å². The summed E-state index contributed by atoms with van der Waals surface area (Å²) in [5.74, 6) is 0.0760. The molecule has 1 amide bonds. The van der Waals surface area contributed by atoms with E-state index in [4.69, 9.17) is 10.2 Å². The number of hydrogen-bond donors (Lipinski definition) is 2. The Hall–Kier alpha value is -2.34. The smallest absolute Gasteiger partial charge is 0.225 e. The van der Waals surface area contributed by atoms with Crippen LogP contribution in [-0.4, -0.2) is 24.4 Å². The van der Waals surface area contributed by atoms with Crippen LogP contribution in [0.3, 0.4) is 0 Å². The average Bonchev–Trinajstić information content (AvgIpc) is 2.93. The molecule has 1 aromatic heterocycles. The third-order valence-electron chi connectivity index (χ3n) is 2.99. The minimum atomic E-state index is -0.499. The Morgan fingerprint density at radius 3 is 2.95 bits per heavy atom. The second kappa shape index (κ2) is 6.90. The topological polar surface area (TPSA) is 71.5 Å². The number of anilines is 2. The minimum absolute atomic E-state index is 0.105. The fourth-order valence-corrected chi connectivity index (χ4v) is 1.89. The van der Waals surface area contributed by atoms with Gasteiger partial charge in [0.1, 0.15) is 11.6 Å². The number of furan rings is 1. The van der Waals surface area contributed by atoms with Crippen LogP contribution in [0.2, 0.25) is 0 Å². The molecule has 0 radical (unpaired) electrons. The van der Waals surface area contributed by atoms with Crippen LogP contribution in [0.5, 0.6) is 0 Å². The van der Waals surface area contributed by atoms with Gasteiger partial charge in [-0.2, -0.15) is 0 Å². The lowest BCUT2D eigenvalue weighted by Gasteiger charge is -2.15. The molecule has 3 N–H and O–H groups in total. The summed E-state index contributed by atoms with van der Waals surface area (Å²) in [7, 11) is 1.89. The van der Waals surface area contributed by atoms with Crippen molar-refractivity contribution in [1.82, 2.24) is 4.90 Å². The van der Waals surface area contributed by atoms with E-state index in [1.807, 2.05) is 24.1 Å². The van der Waals surface area contributed by atoms with Crippen LogP contribution >= 0.6 is 0 Å². The summed E-state index contributed by atoms with van der Waals surface area (Å²) in [6.07, 6.45) is 1.86. The van der Waals surface area contributed by atoms with Crippen molar-refractivity contribution in [2.24, 2.45) is 0 Å². The van der Waals surface area contributed by atoms with Gasteiger partial charge in [0.15, 0.2) is 0 Å². The molecule has 0 spiro atoms. The Kier molecular flexibility index (Phi) is 4.94. The Morgan fingerprint density at radius 2 is 2.24 bits per heavy atom. The molecule has 0 aliphatic rings. The summed E-state index contributed by atoms with van der Waals surface area (Å²) in [6.45, 7) is 1.16. The first-order valence-corrected chi connectivity index (χ1v) is 6.60. The Balaban J connectivity index is 1.80. The number of hydrogen-bond acceptors (Lipinski definition) is 4. The highest BCUT2D eigenvalue weighted by Crippen LogP contribution is 2.17.